The molecule has 30 heteroatoms. The number of hydrogen-bond donors (Lipinski definition) is 18. The van der Waals surface area contributed by atoms with Gasteiger partial charge in [-0.3, -0.25) is 4.79 Å². The zero-order valence-electron chi connectivity index (χ0n) is 36.7. The van der Waals surface area contributed by atoms with Crippen molar-refractivity contribution < 1.29 is 144 Å². The van der Waals surface area contributed by atoms with Crippen LogP contribution in [-0.2, 0) is 57.0 Å². The van der Waals surface area contributed by atoms with Crippen LogP contribution in [0, 0.1) is 0 Å². The van der Waals surface area contributed by atoms with Crippen molar-refractivity contribution in [2.45, 2.75) is 199 Å². The van der Waals surface area contributed by atoms with Gasteiger partial charge in [0.25, 0.3) is 0 Å². The van der Waals surface area contributed by atoms with Crippen molar-refractivity contribution in [1.82, 2.24) is 5.32 Å². The number of hydrogen-bond acceptors (Lipinski definition) is 29. The lowest BCUT2D eigenvalue weighted by Gasteiger charge is -2.49. The number of aldehydes is 1. The van der Waals surface area contributed by atoms with E-state index in [1.165, 1.54) is 13.8 Å². The van der Waals surface area contributed by atoms with Crippen LogP contribution in [0.25, 0.3) is 0 Å². The van der Waals surface area contributed by atoms with E-state index in [1.54, 1.807) is 0 Å². The third-order valence-corrected chi connectivity index (χ3v) is 12.3. The van der Waals surface area contributed by atoms with Gasteiger partial charge < -0.3 is 144 Å². The Balaban J connectivity index is 1.69. The molecule has 0 aromatic carbocycles. The Morgan fingerprint density at radius 1 is 0.500 bits per heavy atom. The lowest BCUT2D eigenvalue weighted by Crippen LogP contribution is -2.68. The van der Waals surface area contributed by atoms with Gasteiger partial charge in [-0.05, 0) is 13.8 Å². The summed E-state index contributed by atoms with van der Waals surface area (Å²) >= 11 is 0. The van der Waals surface area contributed by atoms with E-state index in [2.05, 4.69) is 5.32 Å². The number of ether oxygens (including phenoxy) is 10. The first-order valence-electron chi connectivity index (χ1n) is 21.6. The summed E-state index contributed by atoms with van der Waals surface area (Å²) in [5, 5.41) is 184. The molecule has 5 aliphatic heterocycles. The fourth-order valence-corrected chi connectivity index (χ4v) is 8.25. The highest BCUT2D eigenvalue weighted by Crippen LogP contribution is 2.35. The summed E-state index contributed by atoms with van der Waals surface area (Å²) < 4.78 is 58.1. The van der Waals surface area contributed by atoms with E-state index in [-0.39, 0.29) is 6.29 Å². The third kappa shape index (κ3) is 12.3. The van der Waals surface area contributed by atoms with Crippen molar-refractivity contribution in [3.05, 3.63) is 0 Å². The predicted molar refractivity (Wildman–Crippen MR) is 209 cm³/mol. The van der Waals surface area contributed by atoms with Gasteiger partial charge in [0.1, 0.15) is 134 Å². The number of rotatable bonds is 19. The number of aliphatic hydroxyl groups is 17. The smallest absolute Gasteiger partial charge is 0.217 e. The molecule has 29 atom stereocenters. The molecule has 5 heterocycles. The number of carbonyl (C=O) groups is 2. The molecule has 5 saturated heterocycles. The molecule has 5 rings (SSSR count). The first-order chi connectivity index (χ1) is 32.0. The Bertz CT molecular complexity index is 1570. The molecule has 396 valence electrons. The summed E-state index contributed by atoms with van der Waals surface area (Å²) in [5.41, 5.74) is 0. The topological polar surface area (TPSA) is 482 Å². The van der Waals surface area contributed by atoms with Gasteiger partial charge in [0, 0.05) is 6.92 Å². The normalized spacial score (nSPS) is 47.7. The van der Waals surface area contributed by atoms with Crippen molar-refractivity contribution >= 4 is 12.2 Å². The quantitative estimate of drug-likeness (QED) is 0.0534. The predicted octanol–water partition coefficient (Wildman–Crippen LogP) is -12.1. The van der Waals surface area contributed by atoms with Crippen molar-refractivity contribution in [1.29, 1.82) is 0 Å². The molecule has 29 unspecified atom stereocenters. The molecule has 5 aliphatic rings. The summed E-state index contributed by atoms with van der Waals surface area (Å²) in [6, 6.07) is -1.85. The van der Waals surface area contributed by atoms with Gasteiger partial charge in [-0.1, -0.05) is 0 Å². The minimum atomic E-state index is -2.43. The third-order valence-electron chi connectivity index (χ3n) is 12.3. The molecule has 0 aromatic heterocycles. The second-order valence-corrected chi connectivity index (χ2v) is 17.1. The van der Waals surface area contributed by atoms with Crippen LogP contribution < -0.4 is 5.32 Å². The fourth-order valence-electron chi connectivity index (χ4n) is 8.25. The monoisotopic (exact) mass is 999 g/mol. The molecule has 0 bridgehead atoms. The van der Waals surface area contributed by atoms with Gasteiger partial charge in [0.2, 0.25) is 5.91 Å². The van der Waals surface area contributed by atoms with Crippen LogP contribution in [0.15, 0.2) is 0 Å². The highest BCUT2D eigenvalue weighted by Gasteiger charge is 2.56. The van der Waals surface area contributed by atoms with E-state index in [0.717, 1.165) is 6.92 Å². The standard InChI is InChI=1S/C38H65NO29/c1-9-18(46)24(52)28(56)35(59-9)64-16(8-44)32(67-38-33(27(55)22(50)14(6-42)63-38)68-36-29(57)25(53)19(47)10(2)60-36)31(15(7-43)65-37-30(58)26(54)21(49)13(5-41)62-37)66-34-17(39-11(3)45)23(51)20(48)12(4-40)61-34/h7,9-10,12-38,40-42,44,46-58H,4-6,8H2,1-3H3,(H,39,45). The Hall–Kier alpha value is -1.94. The van der Waals surface area contributed by atoms with Gasteiger partial charge in [0.05, 0.1) is 38.6 Å². The second-order valence-electron chi connectivity index (χ2n) is 17.1. The fraction of sp³-hybridized carbons (Fsp3) is 0.947. The average molecular weight is 1000 g/mol. The van der Waals surface area contributed by atoms with Crippen LogP contribution in [0.4, 0.5) is 0 Å². The Morgan fingerprint density at radius 2 is 0.926 bits per heavy atom. The molecule has 30 nitrogen and oxygen atoms in total. The van der Waals surface area contributed by atoms with Gasteiger partial charge >= 0.3 is 0 Å². The number of amides is 1. The maximum absolute atomic E-state index is 13.4. The molecule has 0 aliphatic carbocycles. The highest BCUT2D eigenvalue weighted by atomic mass is 16.8. The number of carbonyl (C=O) groups excluding carboxylic acids is 2. The molecule has 0 radical (unpaired) electrons. The van der Waals surface area contributed by atoms with E-state index in [4.69, 9.17) is 47.4 Å². The lowest BCUT2D eigenvalue weighted by atomic mass is 9.95. The van der Waals surface area contributed by atoms with Gasteiger partial charge in [-0.25, -0.2) is 0 Å². The summed E-state index contributed by atoms with van der Waals surface area (Å²) in [7, 11) is 0. The molecule has 68 heavy (non-hydrogen) atoms. The maximum atomic E-state index is 13.4. The molecule has 18 N–H and O–H groups in total. The van der Waals surface area contributed by atoms with Crippen LogP contribution in [-0.4, -0.2) is 303 Å². The molecule has 5 fully saturated rings. The van der Waals surface area contributed by atoms with Crippen molar-refractivity contribution in [3.63, 3.8) is 0 Å². The van der Waals surface area contributed by atoms with Crippen LogP contribution in [0.1, 0.15) is 20.8 Å². The second kappa shape index (κ2) is 24.7. The summed E-state index contributed by atoms with van der Waals surface area (Å²) in [6.07, 6.45) is -56.2. The molecule has 0 saturated carbocycles. The minimum absolute atomic E-state index is 0.0821. The largest absolute Gasteiger partial charge is 0.394 e. The van der Waals surface area contributed by atoms with Gasteiger partial charge in [-0.2, -0.15) is 0 Å². The first-order valence-corrected chi connectivity index (χ1v) is 21.6. The average Bonchev–Trinajstić information content (AvgIpc) is 3.31. The van der Waals surface area contributed by atoms with E-state index in [1.807, 2.05) is 0 Å². The van der Waals surface area contributed by atoms with Crippen molar-refractivity contribution in [2.75, 3.05) is 26.4 Å². The van der Waals surface area contributed by atoms with E-state index in [0.29, 0.717) is 0 Å². The van der Waals surface area contributed by atoms with E-state index >= 15 is 0 Å². The highest BCUT2D eigenvalue weighted by molar-refractivity contribution is 5.73. The summed E-state index contributed by atoms with van der Waals surface area (Å²) in [6.45, 7) is -0.963. The summed E-state index contributed by atoms with van der Waals surface area (Å²) in [5.74, 6) is -0.887. The van der Waals surface area contributed by atoms with Crippen LogP contribution in [0.5, 0.6) is 0 Å². The zero-order chi connectivity index (χ0) is 50.6. The maximum Gasteiger partial charge on any atom is 0.217 e. The SMILES string of the molecule is CC(=O)NC1C(OC(C(C=O)OC2OC(CO)C(O)C(O)C2O)C(OC2OC(CO)C(O)C(O)C2OC2OC(C)C(O)C(O)C2O)C(CO)OC2OC(C)C(O)C(O)C2O)OC(CO)C(O)C1O. The summed E-state index contributed by atoms with van der Waals surface area (Å²) in [4.78, 5) is 25.9. The van der Waals surface area contributed by atoms with Crippen molar-refractivity contribution in [2.24, 2.45) is 0 Å². The number of aliphatic hydroxyl groups excluding tert-OH is 17. The first kappa shape index (κ1) is 57.0. The minimum Gasteiger partial charge on any atom is -0.394 e. The molecular weight excluding hydrogens is 934 g/mol. The van der Waals surface area contributed by atoms with Crippen molar-refractivity contribution in [3.8, 4) is 0 Å². The van der Waals surface area contributed by atoms with Gasteiger partial charge in [0.15, 0.2) is 37.7 Å². The van der Waals surface area contributed by atoms with Crippen LogP contribution >= 0.6 is 0 Å². The molecule has 0 aromatic rings. The lowest BCUT2D eigenvalue weighted by molar-refractivity contribution is -0.388. The van der Waals surface area contributed by atoms with Gasteiger partial charge in [-0.15, -0.1) is 0 Å². The van der Waals surface area contributed by atoms with E-state index in [9.17, 15) is 96.4 Å². The zero-order valence-corrected chi connectivity index (χ0v) is 36.7. The Morgan fingerprint density at radius 3 is 1.43 bits per heavy atom. The van der Waals surface area contributed by atoms with E-state index < -0.39 is 210 Å². The van der Waals surface area contributed by atoms with Crippen LogP contribution in [0.3, 0.4) is 0 Å². The molecule has 1 amide bonds. The molecule has 0 spiro atoms. The Kier molecular flexibility index (Phi) is 20.7. The Labute approximate surface area is 386 Å². The molecular formula is C38H65NO29. The number of nitrogens with one attached hydrogen (secondary N) is 1. The van der Waals surface area contributed by atoms with Crippen LogP contribution in [0.2, 0.25) is 0 Å².